The fourth-order valence-electron chi connectivity index (χ4n) is 1.63. The van der Waals surface area contributed by atoms with Crippen LogP contribution in [0.5, 0.6) is 0 Å². The van der Waals surface area contributed by atoms with E-state index in [2.05, 4.69) is 6.92 Å². The Morgan fingerprint density at radius 1 is 1.12 bits per heavy atom. The molecule has 0 bridgehead atoms. The van der Waals surface area contributed by atoms with Crippen molar-refractivity contribution in [3.8, 4) is 0 Å². The summed E-state index contributed by atoms with van der Waals surface area (Å²) in [7, 11) is 0. The van der Waals surface area contributed by atoms with Crippen LogP contribution < -0.4 is 0 Å². The summed E-state index contributed by atoms with van der Waals surface area (Å²) in [5.41, 5.74) is 2.25. The lowest BCUT2D eigenvalue weighted by atomic mass is 10.0. The second kappa shape index (κ2) is 5.19. The second-order valence-corrected chi connectivity index (χ2v) is 4.25. The predicted molar refractivity (Wildman–Crippen MR) is 67.6 cm³/mol. The van der Waals surface area contributed by atoms with Crippen molar-refractivity contribution in [1.82, 2.24) is 0 Å². The molecule has 17 heavy (non-hydrogen) atoms. The maximum atomic E-state index is 11.8. The molecule has 0 amide bonds. The number of Topliss-reactive ketones (excluding diaryl/α,β-unsaturated/α-hetero) is 1. The first-order valence-electron chi connectivity index (χ1n) is 5.55. The number of benzene rings is 1. The minimum Gasteiger partial charge on any atom is -0.442 e. The highest BCUT2D eigenvalue weighted by atomic mass is 35.5. The summed E-state index contributed by atoms with van der Waals surface area (Å²) in [6, 6.07) is 11.2. The van der Waals surface area contributed by atoms with Gasteiger partial charge in [0.15, 0.2) is 11.0 Å². The van der Waals surface area contributed by atoms with Crippen LogP contribution in [0.2, 0.25) is 5.22 Å². The zero-order valence-electron chi connectivity index (χ0n) is 9.57. The molecule has 0 aliphatic rings. The van der Waals surface area contributed by atoms with Gasteiger partial charge in [0.1, 0.15) is 0 Å². The molecule has 2 aromatic rings. The highest BCUT2D eigenvalue weighted by Crippen LogP contribution is 2.15. The Balaban J connectivity index is 2.07. The van der Waals surface area contributed by atoms with Gasteiger partial charge in [0, 0.05) is 6.42 Å². The van der Waals surface area contributed by atoms with Gasteiger partial charge in [-0.1, -0.05) is 31.2 Å². The number of rotatable bonds is 4. The van der Waals surface area contributed by atoms with Gasteiger partial charge in [-0.15, -0.1) is 0 Å². The van der Waals surface area contributed by atoms with Crippen LogP contribution in [0.25, 0.3) is 0 Å². The standard InChI is InChI=1S/C14H13ClO2/c1-2-10-3-5-11(6-4-10)9-12(16)13-7-8-14(15)17-13/h3-8H,2,9H2,1H3. The smallest absolute Gasteiger partial charge is 0.202 e. The zero-order valence-corrected chi connectivity index (χ0v) is 10.3. The van der Waals surface area contributed by atoms with Crippen LogP contribution in [-0.2, 0) is 12.8 Å². The molecule has 3 heteroatoms. The summed E-state index contributed by atoms with van der Waals surface area (Å²) in [6.45, 7) is 2.10. The van der Waals surface area contributed by atoms with Crippen LogP contribution in [0.3, 0.4) is 0 Å². The van der Waals surface area contributed by atoms with Gasteiger partial charge < -0.3 is 4.42 Å². The van der Waals surface area contributed by atoms with Crippen molar-refractivity contribution in [3.63, 3.8) is 0 Å². The van der Waals surface area contributed by atoms with Gasteiger partial charge in [-0.3, -0.25) is 4.79 Å². The Labute approximate surface area is 105 Å². The average Bonchev–Trinajstić information content (AvgIpc) is 2.77. The van der Waals surface area contributed by atoms with Crippen LogP contribution >= 0.6 is 11.6 Å². The molecule has 1 aromatic heterocycles. The summed E-state index contributed by atoms with van der Waals surface area (Å²) in [5.74, 6) is 0.260. The Hall–Kier alpha value is -1.54. The predicted octanol–water partition coefficient (Wildman–Crippen LogP) is 3.92. The third-order valence-corrected chi connectivity index (χ3v) is 2.85. The van der Waals surface area contributed by atoms with E-state index in [1.54, 1.807) is 12.1 Å². The monoisotopic (exact) mass is 248 g/mol. The minimum absolute atomic E-state index is 0.0545. The lowest BCUT2D eigenvalue weighted by Gasteiger charge is -2.00. The molecular weight excluding hydrogens is 236 g/mol. The quantitative estimate of drug-likeness (QED) is 0.768. The van der Waals surface area contributed by atoms with Gasteiger partial charge in [0.05, 0.1) is 0 Å². The number of halogens is 1. The first-order chi connectivity index (χ1) is 8.19. The van der Waals surface area contributed by atoms with Crippen molar-refractivity contribution in [2.45, 2.75) is 19.8 Å². The number of carbonyl (C=O) groups excluding carboxylic acids is 1. The average molecular weight is 249 g/mol. The lowest BCUT2D eigenvalue weighted by Crippen LogP contribution is -2.01. The molecule has 0 N–H and O–H groups in total. The van der Waals surface area contributed by atoms with Gasteiger partial charge in [0.25, 0.3) is 0 Å². The maximum Gasteiger partial charge on any atom is 0.202 e. The first kappa shape index (κ1) is 11.9. The first-order valence-corrected chi connectivity index (χ1v) is 5.93. The van der Waals surface area contributed by atoms with Crippen molar-refractivity contribution >= 4 is 17.4 Å². The molecule has 0 aliphatic carbocycles. The van der Waals surface area contributed by atoms with Crippen molar-refractivity contribution in [2.24, 2.45) is 0 Å². The Morgan fingerprint density at radius 3 is 2.29 bits per heavy atom. The highest BCUT2D eigenvalue weighted by molar-refractivity contribution is 6.29. The summed E-state index contributed by atoms with van der Waals surface area (Å²) < 4.78 is 5.08. The van der Waals surface area contributed by atoms with Crippen LogP contribution in [0.4, 0.5) is 0 Å². The normalized spacial score (nSPS) is 10.5. The van der Waals surface area contributed by atoms with Crippen LogP contribution in [0.15, 0.2) is 40.8 Å². The van der Waals surface area contributed by atoms with E-state index >= 15 is 0 Å². The molecule has 0 radical (unpaired) electrons. The Bertz CT molecular complexity index is 511. The molecule has 1 aromatic carbocycles. The fraction of sp³-hybridized carbons (Fsp3) is 0.214. The summed E-state index contributed by atoms with van der Waals surface area (Å²) in [4.78, 5) is 11.8. The van der Waals surface area contributed by atoms with E-state index in [9.17, 15) is 4.79 Å². The van der Waals surface area contributed by atoms with Gasteiger partial charge in [-0.2, -0.15) is 0 Å². The third kappa shape index (κ3) is 2.98. The van der Waals surface area contributed by atoms with E-state index in [1.165, 1.54) is 5.56 Å². The van der Waals surface area contributed by atoms with E-state index in [0.29, 0.717) is 12.2 Å². The van der Waals surface area contributed by atoms with Crippen molar-refractivity contribution < 1.29 is 9.21 Å². The number of hydrogen-bond acceptors (Lipinski definition) is 2. The molecular formula is C14H13ClO2. The topological polar surface area (TPSA) is 30.2 Å². The molecule has 0 aliphatic heterocycles. The molecule has 0 fully saturated rings. The molecule has 88 valence electrons. The van der Waals surface area contributed by atoms with Crippen molar-refractivity contribution in [3.05, 3.63) is 58.5 Å². The lowest BCUT2D eigenvalue weighted by molar-refractivity contribution is 0.0966. The summed E-state index contributed by atoms with van der Waals surface area (Å²) in [6.07, 6.45) is 1.34. The van der Waals surface area contributed by atoms with Crippen LogP contribution in [-0.4, -0.2) is 5.78 Å². The fourth-order valence-corrected chi connectivity index (χ4v) is 1.78. The van der Waals surface area contributed by atoms with E-state index in [0.717, 1.165) is 12.0 Å². The number of aryl methyl sites for hydroxylation is 1. The van der Waals surface area contributed by atoms with Crippen molar-refractivity contribution in [2.75, 3.05) is 0 Å². The Morgan fingerprint density at radius 2 is 1.76 bits per heavy atom. The van der Waals surface area contributed by atoms with Crippen LogP contribution in [0, 0.1) is 0 Å². The van der Waals surface area contributed by atoms with E-state index in [4.69, 9.17) is 16.0 Å². The number of ketones is 1. The SMILES string of the molecule is CCc1ccc(CC(=O)c2ccc(Cl)o2)cc1. The molecule has 0 saturated heterocycles. The van der Waals surface area contributed by atoms with Gasteiger partial charge >= 0.3 is 0 Å². The summed E-state index contributed by atoms with van der Waals surface area (Å²) >= 11 is 5.63. The van der Waals surface area contributed by atoms with Crippen molar-refractivity contribution in [1.29, 1.82) is 0 Å². The number of hydrogen-bond donors (Lipinski definition) is 0. The highest BCUT2D eigenvalue weighted by Gasteiger charge is 2.11. The summed E-state index contributed by atoms with van der Waals surface area (Å²) in [5, 5.41) is 0.245. The largest absolute Gasteiger partial charge is 0.442 e. The zero-order chi connectivity index (χ0) is 12.3. The minimum atomic E-state index is -0.0545. The maximum absolute atomic E-state index is 11.8. The van der Waals surface area contributed by atoms with Gasteiger partial charge in [-0.05, 0) is 41.3 Å². The van der Waals surface area contributed by atoms with Crippen LogP contribution in [0.1, 0.15) is 28.6 Å². The van der Waals surface area contributed by atoms with E-state index < -0.39 is 0 Å². The van der Waals surface area contributed by atoms with E-state index in [1.807, 2.05) is 24.3 Å². The third-order valence-electron chi connectivity index (χ3n) is 2.64. The molecule has 1 heterocycles. The Kier molecular flexibility index (Phi) is 3.64. The number of furan rings is 1. The van der Waals surface area contributed by atoms with Gasteiger partial charge in [0.2, 0.25) is 5.78 Å². The number of carbonyl (C=O) groups is 1. The molecule has 0 atom stereocenters. The molecule has 2 nitrogen and oxygen atoms in total. The molecule has 0 saturated carbocycles. The molecule has 0 spiro atoms. The van der Waals surface area contributed by atoms with Gasteiger partial charge in [-0.25, -0.2) is 0 Å². The molecule has 0 unspecified atom stereocenters. The second-order valence-electron chi connectivity index (χ2n) is 3.87. The molecule has 2 rings (SSSR count). The van der Waals surface area contributed by atoms with E-state index in [-0.39, 0.29) is 11.0 Å².